The molecule has 30 heavy (non-hydrogen) atoms. The lowest BCUT2D eigenvalue weighted by molar-refractivity contribution is 0.102. The van der Waals surface area contributed by atoms with Gasteiger partial charge in [-0.2, -0.15) is 0 Å². The molecule has 1 fully saturated rings. The number of hydrogen-bond acceptors (Lipinski definition) is 5. The molecule has 0 bridgehead atoms. The highest BCUT2D eigenvalue weighted by Gasteiger charge is 2.20. The highest BCUT2D eigenvalue weighted by Crippen LogP contribution is 2.29. The van der Waals surface area contributed by atoms with Crippen molar-refractivity contribution in [3.63, 3.8) is 0 Å². The Bertz CT molecular complexity index is 1020. The van der Waals surface area contributed by atoms with E-state index in [1.165, 1.54) is 22.5 Å². The third-order valence-corrected chi connectivity index (χ3v) is 7.01. The van der Waals surface area contributed by atoms with E-state index in [0.29, 0.717) is 5.56 Å². The van der Waals surface area contributed by atoms with Gasteiger partial charge in [0.2, 0.25) is 0 Å². The number of pyridine rings is 1. The number of benzene rings is 1. The molecule has 0 radical (unpaired) electrons. The number of anilines is 3. The number of aromatic nitrogens is 1. The van der Waals surface area contributed by atoms with Crippen molar-refractivity contribution in [3.8, 4) is 0 Å². The molecular formula is C24H26N4OS. The summed E-state index contributed by atoms with van der Waals surface area (Å²) in [7, 11) is 0. The second kappa shape index (κ2) is 8.48. The minimum atomic E-state index is -0.0997. The molecule has 0 spiro atoms. The molecule has 1 saturated heterocycles. The highest BCUT2D eigenvalue weighted by atomic mass is 32.1. The molecule has 2 aliphatic rings. The molecule has 0 aliphatic carbocycles. The monoisotopic (exact) mass is 418 g/mol. The van der Waals surface area contributed by atoms with Gasteiger partial charge in [0.15, 0.2) is 0 Å². The van der Waals surface area contributed by atoms with E-state index in [2.05, 4.69) is 43.7 Å². The number of piperidine rings is 1. The molecule has 2 aliphatic heterocycles. The predicted molar refractivity (Wildman–Crippen MR) is 124 cm³/mol. The first-order valence-corrected chi connectivity index (χ1v) is 11.6. The summed E-state index contributed by atoms with van der Waals surface area (Å²) in [5.41, 5.74) is 4.08. The van der Waals surface area contributed by atoms with Crippen molar-refractivity contribution in [2.45, 2.75) is 32.2 Å². The number of carbonyl (C=O) groups is 1. The maximum absolute atomic E-state index is 13.0. The van der Waals surface area contributed by atoms with E-state index < -0.39 is 0 Å². The van der Waals surface area contributed by atoms with Crippen LogP contribution in [0.1, 0.15) is 40.1 Å². The molecule has 3 aromatic rings. The molecule has 5 nitrogen and oxygen atoms in total. The van der Waals surface area contributed by atoms with Crippen LogP contribution in [0.3, 0.4) is 0 Å². The van der Waals surface area contributed by atoms with E-state index in [0.717, 1.165) is 56.9 Å². The zero-order valence-electron chi connectivity index (χ0n) is 17.0. The Morgan fingerprint density at radius 2 is 1.80 bits per heavy atom. The molecule has 0 unspecified atom stereocenters. The van der Waals surface area contributed by atoms with Gasteiger partial charge < -0.3 is 15.1 Å². The molecule has 1 amide bonds. The number of nitrogens with zero attached hydrogens (tertiary/aromatic N) is 3. The quantitative estimate of drug-likeness (QED) is 0.651. The van der Waals surface area contributed by atoms with E-state index in [1.807, 2.05) is 35.6 Å². The second-order valence-corrected chi connectivity index (χ2v) is 8.96. The first-order valence-electron chi connectivity index (χ1n) is 10.7. The van der Waals surface area contributed by atoms with Gasteiger partial charge in [0.05, 0.1) is 5.56 Å². The van der Waals surface area contributed by atoms with Crippen LogP contribution in [-0.4, -0.2) is 30.5 Å². The van der Waals surface area contributed by atoms with Gasteiger partial charge in [-0.25, -0.2) is 4.98 Å². The zero-order valence-corrected chi connectivity index (χ0v) is 17.8. The number of thiophene rings is 1. The van der Waals surface area contributed by atoms with Crippen molar-refractivity contribution in [1.82, 2.24) is 4.98 Å². The van der Waals surface area contributed by atoms with Crippen LogP contribution < -0.4 is 15.1 Å². The summed E-state index contributed by atoms with van der Waals surface area (Å²) >= 11 is 1.86. The first kappa shape index (κ1) is 19.1. The summed E-state index contributed by atoms with van der Waals surface area (Å²) in [5.74, 6) is 0.698. The first-order chi connectivity index (χ1) is 14.8. The highest BCUT2D eigenvalue weighted by molar-refractivity contribution is 7.10. The number of hydrogen-bond donors (Lipinski definition) is 1. The van der Waals surface area contributed by atoms with E-state index in [9.17, 15) is 4.79 Å². The standard InChI is InChI=1S/C24H26N4OS/c29-24(21-5-4-12-25-23(21)27-13-2-1-3-14-27)26-19-6-8-20(9-7-19)28-15-10-22-18(17-28)11-16-30-22/h4-9,11-12,16H,1-3,10,13-15,17H2,(H,26,29). The van der Waals surface area contributed by atoms with Crippen LogP contribution in [0.2, 0.25) is 0 Å². The zero-order chi connectivity index (χ0) is 20.3. The van der Waals surface area contributed by atoms with Crippen molar-refractivity contribution in [1.29, 1.82) is 0 Å². The molecule has 154 valence electrons. The Morgan fingerprint density at radius 1 is 0.967 bits per heavy atom. The summed E-state index contributed by atoms with van der Waals surface area (Å²) in [6.45, 7) is 3.93. The minimum Gasteiger partial charge on any atom is -0.367 e. The molecule has 2 aromatic heterocycles. The van der Waals surface area contributed by atoms with E-state index in [4.69, 9.17) is 0 Å². The summed E-state index contributed by atoms with van der Waals surface area (Å²) in [6.07, 6.45) is 6.44. The number of nitrogens with one attached hydrogen (secondary N) is 1. The van der Waals surface area contributed by atoms with Crippen LogP contribution >= 0.6 is 11.3 Å². The lowest BCUT2D eigenvalue weighted by Gasteiger charge is -2.29. The predicted octanol–water partition coefficient (Wildman–Crippen LogP) is 4.95. The lowest BCUT2D eigenvalue weighted by atomic mass is 10.1. The Hall–Kier alpha value is -2.86. The molecule has 6 heteroatoms. The van der Waals surface area contributed by atoms with Gasteiger partial charge in [0, 0.05) is 48.6 Å². The molecule has 4 heterocycles. The fraction of sp³-hybridized carbons (Fsp3) is 0.333. The van der Waals surface area contributed by atoms with Crippen molar-refractivity contribution >= 4 is 34.4 Å². The third kappa shape index (κ3) is 3.92. The Balaban J connectivity index is 1.28. The van der Waals surface area contributed by atoms with Gasteiger partial charge in [0.25, 0.3) is 5.91 Å². The number of fused-ring (bicyclic) bond motifs is 1. The molecule has 0 atom stereocenters. The van der Waals surface area contributed by atoms with Crippen LogP contribution in [0.25, 0.3) is 0 Å². The Morgan fingerprint density at radius 3 is 2.63 bits per heavy atom. The van der Waals surface area contributed by atoms with Gasteiger partial charge in [-0.15, -0.1) is 11.3 Å². The minimum absolute atomic E-state index is 0.0997. The molecule has 1 aromatic carbocycles. The molecule has 1 N–H and O–H groups in total. The Labute approximate surface area is 181 Å². The van der Waals surface area contributed by atoms with Crippen molar-refractivity contribution in [3.05, 3.63) is 70.0 Å². The van der Waals surface area contributed by atoms with Gasteiger partial charge in [-0.3, -0.25) is 4.79 Å². The summed E-state index contributed by atoms with van der Waals surface area (Å²) < 4.78 is 0. The lowest BCUT2D eigenvalue weighted by Crippen LogP contribution is -2.32. The van der Waals surface area contributed by atoms with Crippen molar-refractivity contribution in [2.24, 2.45) is 0 Å². The maximum atomic E-state index is 13.0. The van der Waals surface area contributed by atoms with Gasteiger partial charge in [-0.1, -0.05) is 0 Å². The fourth-order valence-corrected chi connectivity index (χ4v) is 5.24. The fourth-order valence-electron chi connectivity index (χ4n) is 4.35. The van der Waals surface area contributed by atoms with Crippen LogP contribution in [0.5, 0.6) is 0 Å². The van der Waals surface area contributed by atoms with Gasteiger partial charge in [0.1, 0.15) is 5.82 Å². The number of carbonyl (C=O) groups excluding carboxylic acids is 1. The van der Waals surface area contributed by atoms with Crippen LogP contribution in [0.4, 0.5) is 17.2 Å². The topological polar surface area (TPSA) is 48.5 Å². The second-order valence-electron chi connectivity index (χ2n) is 7.96. The SMILES string of the molecule is O=C(Nc1ccc(N2CCc3sccc3C2)cc1)c1cccnc1N1CCCCC1. The van der Waals surface area contributed by atoms with E-state index >= 15 is 0 Å². The normalized spacial score (nSPS) is 16.3. The Kier molecular flexibility index (Phi) is 5.41. The summed E-state index contributed by atoms with van der Waals surface area (Å²) in [6, 6.07) is 14.1. The number of rotatable bonds is 4. The number of amides is 1. The van der Waals surface area contributed by atoms with Gasteiger partial charge >= 0.3 is 0 Å². The van der Waals surface area contributed by atoms with Crippen LogP contribution in [0.15, 0.2) is 54.0 Å². The van der Waals surface area contributed by atoms with Crippen molar-refractivity contribution in [2.75, 3.05) is 34.8 Å². The largest absolute Gasteiger partial charge is 0.367 e. The third-order valence-electron chi connectivity index (χ3n) is 5.98. The average Bonchev–Trinajstić information content (AvgIpc) is 3.28. The molecule has 5 rings (SSSR count). The van der Waals surface area contributed by atoms with E-state index in [-0.39, 0.29) is 5.91 Å². The average molecular weight is 419 g/mol. The van der Waals surface area contributed by atoms with Crippen LogP contribution in [-0.2, 0) is 13.0 Å². The van der Waals surface area contributed by atoms with E-state index in [1.54, 1.807) is 6.20 Å². The van der Waals surface area contributed by atoms with Gasteiger partial charge in [-0.05, 0) is 79.1 Å². The summed E-state index contributed by atoms with van der Waals surface area (Å²) in [4.78, 5) is 23.6. The summed E-state index contributed by atoms with van der Waals surface area (Å²) in [5, 5.41) is 5.24. The smallest absolute Gasteiger partial charge is 0.259 e. The van der Waals surface area contributed by atoms with Crippen LogP contribution in [0, 0.1) is 0 Å². The molecular weight excluding hydrogens is 392 g/mol. The maximum Gasteiger partial charge on any atom is 0.259 e. The van der Waals surface area contributed by atoms with Crippen molar-refractivity contribution < 1.29 is 4.79 Å². The molecule has 0 saturated carbocycles.